The van der Waals surface area contributed by atoms with E-state index in [0.717, 1.165) is 19.3 Å². The summed E-state index contributed by atoms with van der Waals surface area (Å²) in [6.07, 6.45) is 4.53. The van der Waals surface area contributed by atoms with Crippen molar-refractivity contribution >= 4 is 13.3 Å². The first-order valence-corrected chi connectivity index (χ1v) is 5.41. The SMILES string of the molecule is CC(C)(C)CCCCCC(=O)O.OB(O)O.[Co]. The van der Waals surface area contributed by atoms with Crippen LogP contribution < -0.4 is 0 Å². The fourth-order valence-electron chi connectivity index (χ4n) is 1.11. The zero-order valence-electron chi connectivity index (χ0n) is 10.6. The molecular weight excluding hydrogens is 270 g/mol. The second-order valence-electron chi connectivity index (χ2n) is 4.86. The molecule has 0 heterocycles. The first kappa shape index (κ1) is 22.1. The van der Waals surface area contributed by atoms with E-state index in [1.165, 1.54) is 6.42 Å². The van der Waals surface area contributed by atoms with Crippen LogP contribution >= 0.6 is 0 Å². The third kappa shape index (κ3) is 38.8. The molecule has 0 fully saturated rings. The number of aliphatic carboxylic acids is 1. The van der Waals surface area contributed by atoms with Gasteiger partial charge in [0.2, 0.25) is 0 Å². The molecule has 0 bridgehead atoms. The molecule has 105 valence electrons. The van der Waals surface area contributed by atoms with Crippen LogP contribution in [0, 0.1) is 5.41 Å². The quantitative estimate of drug-likeness (QED) is 0.448. The molecule has 0 spiro atoms. The largest absolute Gasteiger partial charge is 0.631 e. The second kappa shape index (κ2) is 12.4. The number of unbranched alkanes of at least 4 members (excludes halogenated alkanes) is 2. The van der Waals surface area contributed by atoms with E-state index in [-0.39, 0.29) is 16.8 Å². The van der Waals surface area contributed by atoms with Crippen molar-refractivity contribution in [2.75, 3.05) is 0 Å². The van der Waals surface area contributed by atoms with Gasteiger partial charge < -0.3 is 20.2 Å². The number of carboxylic acid groups (broad SMARTS) is 1. The third-order valence-corrected chi connectivity index (χ3v) is 1.82. The van der Waals surface area contributed by atoms with Crippen LogP contribution in [0.4, 0.5) is 0 Å². The van der Waals surface area contributed by atoms with Gasteiger partial charge in [-0.1, -0.05) is 33.6 Å². The summed E-state index contributed by atoms with van der Waals surface area (Å²) >= 11 is 0. The number of hydrogen-bond donors (Lipinski definition) is 4. The van der Waals surface area contributed by atoms with Crippen LogP contribution in [0.3, 0.4) is 0 Å². The Labute approximate surface area is 114 Å². The van der Waals surface area contributed by atoms with E-state index >= 15 is 0 Å². The Bertz CT molecular complexity index is 179. The Kier molecular flexibility index (Phi) is 16.1. The summed E-state index contributed by atoms with van der Waals surface area (Å²) in [4.78, 5) is 10.2. The van der Waals surface area contributed by atoms with E-state index in [9.17, 15) is 4.79 Å². The molecule has 0 atom stereocenters. The molecule has 0 amide bonds. The van der Waals surface area contributed by atoms with Gasteiger partial charge in [-0.05, 0) is 18.3 Å². The van der Waals surface area contributed by atoms with Crippen LogP contribution in [-0.4, -0.2) is 33.5 Å². The van der Waals surface area contributed by atoms with Crippen LogP contribution in [0.2, 0.25) is 0 Å². The standard InChI is InChI=1S/C10H20O2.BH3O3.Co/c1-10(2,3)8-6-4-5-7-9(11)12;2-1(3)4;/h4-8H2,1-3H3,(H,11,12);2-4H;. The molecule has 1 radical (unpaired) electrons. The minimum absolute atomic E-state index is 0. The summed E-state index contributed by atoms with van der Waals surface area (Å²) in [5.74, 6) is -0.675. The van der Waals surface area contributed by atoms with Gasteiger partial charge in [-0.25, -0.2) is 0 Å². The van der Waals surface area contributed by atoms with Gasteiger partial charge >= 0.3 is 13.3 Å². The van der Waals surface area contributed by atoms with E-state index in [1.54, 1.807) is 0 Å². The number of carbonyl (C=O) groups is 1. The number of hydrogen-bond acceptors (Lipinski definition) is 4. The van der Waals surface area contributed by atoms with Crippen molar-refractivity contribution in [3.05, 3.63) is 0 Å². The summed E-state index contributed by atoms with van der Waals surface area (Å²) in [5, 5.41) is 29.9. The molecule has 0 aliphatic carbocycles. The summed E-state index contributed by atoms with van der Waals surface area (Å²) < 4.78 is 0. The molecule has 0 unspecified atom stereocenters. The maximum Gasteiger partial charge on any atom is 0.631 e. The number of carboxylic acids is 1. The fourth-order valence-corrected chi connectivity index (χ4v) is 1.11. The molecule has 0 aliphatic rings. The minimum atomic E-state index is -2.17. The molecule has 17 heavy (non-hydrogen) atoms. The van der Waals surface area contributed by atoms with E-state index in [1.807, 2.05) is 0 Å². The van der Waals surface area contributed by atoms with Gasteiger partial charge in [0, 0.05) is 23.2 Å². The zero-order valence-corrected chi connectivity index (χ0v) is 11.7. The van der Waals surface area contributed by atoms with Gasteiger partial charge in [-0.2, -0.15) is 0 Å². The zero-order chi connectivity index (χ0) is 13.2. The summed E-state index contributed by atoms with van der Waals surface area (Å²) in [6.45, 7) is 6.64. The Morgan fingerprint density at radius 1 is 1.06 bits per heavy atom. The molecule has 0 aromatic carbocycles. The topological polar surface area (TPSA) is 98.0 Å². The normalized spacial score (nSPS) is 9.76. The second-order valence-corrected chi connectivity index (χ2v) is 4.86. The van der Waals surface area contributed by atoms with E-state index < -0.39 is 13.3 Å². The van der Waals surface area contributed by atoms with Gasteiger partial charge in [0.25, 0.3) is 0 Å². The first-order valence-electron chi connectivity index (χ1n) is 5.41. The predicted molar refractivity (Wildman–Crippen MR) is 62.6 cm³/mol. The Hall–Kier alpha value is -0.0786. The van der Waals surface area contributed by atoms with Crippen molar-refractivity contribution < 1.29 is 41.8 Å². The van der Waals surface area contributed by atoms with Crippen molar-refractivity contribution in [1.29, 1.82) is 0 Å². The van der Waals surface area contributed by atoms with Crippen molar-refractivity contribution in [3.8, 4) is 0 Å². The molecule has 5 nitrogen and oxygen atoms in total. The van der Waals surface area contributed by atoms with Crippen LogP contribution in [0.15, 0.2) is 0 Å². The number of rotatable bonds is 5. The maximum atomic E-state index is 10.2. The molecule has 7 heteroatoms. The first-order chi connectivity index (χ1) is 7.15. The molecule has 0 aromatic rings. The monoisotopic (exact) mass is 293 g/mol. The molecular formula is C10H23BCoO5. The average Bonchev–Trinajstić information content (AvgIpc) is 1.99. The van der Waals surface area contributed by atoms with Crippen LogP contribution in [-0.2, 0) is 21.6 Å². The maximum absolute atomic E-state index is 10.2. The summed E-state index contributed by atoms with van der Waals surface area (Å²) in [7, 11) is -2.17. The van der Waals surface area contributed by atoms with E-state index in [2.05, 4.69) is 20.8 Å². The third-order valence-electron chi connectivity index (χ3n) is 1.82. The van der Waals surface area contributed by atoms with Gasteiger partial charge in [-0.15, -0.1) is 0 Å². The Balaban J connectivity index is -0.000000340. The molecule has 0 saturated heterocycles. The van der Waals surface area contributed by atoms with Gasteiger partial charge in [-0.3, -0.25) is 4.79 Å². The van der Waals surface area contributed by atoms with Crippen molar-refractivity contribution in [3.63, 3.8) is 0 Å². The van der Waals surface area contributed by atoms with Crippen LogP contribution in [0.1, 0.15) is 52.9 Å². The fraction of sp³-hybridized carbons (Fsp3) is 0.900. The molecule has 0 saturated carbocycles. The van der Waals surface area contributed by atoms with Crippen molar-refractivity contribution in [2.24, 2.45) is 5.41 Å². The smallest absolute Gasteiger partial charge is 0.481 e. The molecule has 4 N–H and O–H groups in total. The van der Waals surface area contributed by atoms with Gasteiger partial charge in [0.15, 0.2) is 0 Å². The Morgan fingerprint density at radius 2 is 1.47 bits per heavy atom. The van der Waals surface area contributed by atoms with Crippen molar-refractivity contribution in [2.45, 2.75) is 52.9 Å². The van der Waals surface area contributed by atoms with Crippen molar-refractivity contribution in [1.82, 2.24) is 0 Å². The minimum Gasteiger partial charge on any atom is -0.481 e. The average molecular weight is 293 g/mol. The molecule has 0 aromatic heterocycles. The van der Waals surface area contributed by atoms with Crippen LogP contribution in [0.5, 0.6) is 0 Å². The Morgan fingerprint density at radius 3 is 1.76 bits per heavy atom. The van der Waals surface area contributed by atoms with E-state index in [4.69, 9.17) is 20.2 Å². The van der Waals surface area contributed by atoms with Gasteiger partial charge in [0.1, 0.15) is 0 Å². The predicted octanol–water partition coefficient (Wildman–Crippen LogP) is 1.01. The summed E-state index contributed by atoms with van der Waals surface area (Å²) in [6, 6.07) is 0. The van der Waals surface area contributed by atoms with E-state index in [0.29, 0.717) is 11.8 Å². The van der Waals surface area contributed by atoms with Gasteiger partial charge in [0.05, 0.1) is 0 Å². The molecule has 0 rings (SSSR count). The van der Waals surface area contributed by atoms with Crippen LogP contribution in [0.25, 0.3) is 0 Å². The molecule has 0 aliphatic heterocycles. The summed E-state index contributed by atoms with van der Waals surface area (Å²) in [5.41, 5.74) is 0.392.